The van der Waals surface area contributed by atoms with E-state index in [1.165, 1.54) is 38.5 Å². The summed E-state index contributed by atoms with van der Waals surface area (Å²) < 4.78 is 12.4. The Labute approximate surface area is 124 Å². The number of rotatable bonds is 4. The van der Waals surface area contributed by atoms with Gasteiger partial charge in [0.15, 0.2) is 0 Å². The number of hydrogen-bond donors (Lipinski definition) is 0. The van der Waals surface area contributed by atoms with Crippen molar-refractivity contribution in [3.05, 3.63) is 0 Å². The summed E-state index contributed by atoms with van der Waals surface area (Å²) in [4.78, 5) is 5.54. The van der Waals surface area contributed by atoms with Crippen LogP contribution in [0.5, 0.6) is 0 Å². The molecule has 0 aromatic rings. The van der Waals surface area contributed by atoms with Gasteiger partial charge in [-0.2, -0.15) is 0 Å². The molecule has 0 N–H and O–H groups in total. The van der Waals surface area contributed by atoms with Crippen molar-refractivity contribution in [1.29, 1.82) is 0 Å². The Bertz CT molecular complexity index is 337. The predicted octanol–water partition coefficient (Wildman–Crippen LogP) is 4.42. The maximum Gasteiger partial charge on any atom is 0.369 e. The van der Waals surface area contributed by atoms with Crippen LogP contribution in [-0.2, 0) is 13.9 Å². The molecular formula is C16H30O3Si. The largest absolute Gasteiger partial charge is 0.387 e. The van der Waals surface area contributed by atoms with Crippen molar-refractivity contribution in [2.45, 2.75) is 83.6 Å². The molecule has 0 saturated heterocycles. The summed E-state index contributed by atoms with van der Waals surface area (Å²) in [5.41, 5.74) is -0.152. The highest BCUT2D eigenvalue weighted by molar-refractivity contribution is 6.64. The molecule has 0 aromatic carbocycles. The monoisotopic (exact) mass is 298 g/mol. The zero-order valence-corrected chi connectivity index (χ0v) is 14.7. The van der Waals surface area contributed by atoms with E-state index in [0.29, 0.717) is 0 Å². The third-order valence-corrected chi connectivity index (χ3v) is 6.35. The van der Waals surface area contributed by atoms with E-state index in [1.807, 2.05) is 20.8 Å². The summed E-state index contributed by atoms with van der Waals surface area (Å²) in [7, 11) is -2.22. The predicted molar refractivity (Wildman–Crippen MR) is 81.4 cm³/mol. The molecule has 0 radical (unpaired) electrons. The van der Waals surface area contributed by atoms with Crippen molar-refractivity contribution in [3.63, 3.8) is 0 Å². The van der Waals surface area contributed by atoms with Gasteiger partial charge in [-0.3, -0.25) is 4.58 Å². The fourth-order valence-corrected chi connectivity index (χ4v) is 6.70. The van der Waals surface area contributed by atoms with E-state index < -0.39 is 8.56 Å². The van der Waals surface area contributed by atoms with Crippen LogP contribution in [0.3, 0.4) is 0 Å². The molecule has 4 saturated carbocycles. The first-order chi connectivity index (χ1) is 9.15. The second-order valence-corrected chi connectivity index (χ2v) is 12.1. The Morgan fingerprint density at radius 3 is 1.75 bits per heavy atom. The van der Waals surface area contributed by atoms with Crippen LogP contribution in [0, 0.1) is 17.8 Å². The summed E-state index contributed by atoms with van der Waals surface area (Å²) in [6.07, 6.45) is 8.12. The third-order valence-electron chi connectivity index (χ3n) is 4.94. The lowest BCUT2D eigenvalue weighted by molar-refractivity contribution is -0.301. The van der Waals surface area contributed by atoms with Crippen molar-refractivity contribution in [2.75, 3.05) is 0 Å². The Morgan fingerprint density at radius 1 is 0.900 bits per heavy atom. The minimum Gasteiger partial charge on any atom is -0.387 e. The van der Waals surface area contributed by atoms with Crippen molar-refractivity contribution >= 4 is 8.56 Å². The van der Waals surface area contributed by atoms with Gasteiger partial charge in [0, 0.05) is 0 Å². The normalized spacial score (nSPS) is 40.4. The van der Waals surface area contributed by atoms with Crippen molar-refractivity contribution < 1.29 is 13.9 Å². The van der Waals surface area contributed by atoms with Crippen LogP contribution in [0.2, 0.25) is 13.1 Å². The van der Waals surface area contributed by atoms with Gasteiger partial charge in [0.05, 0.1) is 11.2 Å². The van der Waals surface area contributed by atoms with Gasteiger partial charge in [-0.1, -0.05) is 0 Å². The average molecular weight is 298 g/mol. The SMILES string of the molecule is CC(C)(C)OO[Si](C)(C)OC12CC3CC(CC(C3)C1)C2. The molecule has 4 aliphatic carbocycles. The molecule has 4 aliphatic rings. The van der Waals surface area contributed by atoms with Gasteiger partial charge >= 0.3 is 8.56 Å². The van der Waals surface area contributed by atoms with Gasteiger partial charge in [0.25, 0.3) is 0 Å². The molecule has 0 aromatic heterocycles. The van der Waals surface area contributed by atoms with Crippen LogP contribution in [0.15, 0.2) is 0 Å². The minimum atomic E-state index is -2.22. The molecule has 0 spiro atoms. The molecule has 3 nitrogen and oxygen atoms in total. The van der Waals surface area contributed by atoms with Crippen molar-refractivity contribution in [1.82, 2.24) is 0 Å². The molecule has 0 unspecified atom stereocenters. The Kier molecular flexibility index (Phi) is 3.60. The molecule has 4 heteroatoms. The summed E-state index contributed by atoms with van der Waals surface area (Å²) in [5.74, 6) is 2.73. The van der Waals surface area contributed by atoms with Crippen LogP contribution >= 0.6 is 0 Å². The van der Waals surface area contributed by atoms with Crippen LogP contribution in [0.1, 0.15) is 59.3 Å². The van der Waals surface area contributed by atoms with E-state index in [1.54, 1.807) is 0 Å². The number of hydrogen-bond acceptors (Lipinski definition) is 3. The van der Waals surface area contributed by atoms with Gasteiger partial charge < -0.3 is 4.43 Å². The highest BCUT2D eigenvalue weighted by Gasteiger charge is 2.54. The lowest BCUT2D eigenvalue weighted by Gasteiger charge is -2.57. The maximum absolute atomic E-state index is 6.63. The Morgan fingerprint density at radius 2 is 1.35 bits per heavy atom. The smallest absolute Gasteiger partial charge is 0.369 e. The zero-order valence-electron chi connectivity index (χ0n) is 13.7. The fourth-order valence-electron chi connectivity index (χ4n) is 4.92. The molecular weight excluding hydrogens is 268 g/mol. The van der Waals surface area contributed by atoms with E-state index in [-0.39, 0.29) is 11.2 Å². The highest BCUT2D eigenvalue weighted by atomic mass is 28.4. The van der Waals surface area contributed by atoms with Crippen LogP contribution < -0.4 is 0 Å². The molecule has 116 valence electrons. The van der Waals surface area contributed by atoms with E-state index in [4.69, 9.17) is 13.9 Å². The fraction of sp³-hybridized carbons (Fsp3) is 1.00. The van der Waals surface area contributed by atoms with Gasteiger partial charge in [-0.05, 0) is 90.1 Å². The lowest BCUT2D eigenvalue weighted by Crippen LogP contribution is -2.57. The third kappa shape index (κ3) is 3.29. The van der Waals surface area contributed by atoms with Gasteiger partial charge in [-0.25, -0.2) is 4.89 Å². The topological polar surface area (TPSA) is 27.7 Å². The van der Waals surface area contributed by atoms with E-state index in [2.05, 4.69) is 13.1 Å². The summed E-state index contributed by atoms with van der Waals surface area (Å²) in [6, 6.07) is 0. The summed E-state index contributed by atoms with van der Waals surface area (Å²) in [5, 5.41) is 0. The van der Waals surface area contributed by atoms with Crippen molar-refractivity contribution in [3.8, 4) is 0 Å². The first-order valence-corrected chi connectivity index (χ1v) is 11.0. The summed E-state index contributed by atoms with van der Waals surface area (Å²) >= 11 is 0. The van der Waals surface area contributed by atoms with Gasteiger partial charge in [0.2, 0.25) is 0 Å². The van der Waals surface area contributed by atoms with E-state index >= 15 is 0 Å². The Balaban J connectivity index is 1.64. The van der Waals surface area contributed by atoms with E-state index in [9.17, 15) is 0 Å². The quantitative estimate of drug-likeness (QED) is 0.437. The summed E-state index contributed by atoms with van der Waals surface area (Å²) in [6.45, 7) is 10.3. The van der Waals surface area contributed by atoms with Crippen LogP contribution in [-0.4, -0.2) is 19.8 Å². The first kappa shape index (κ1) is 15.0. The highest BCUT2D eigenvalue weighted by Crippen LogP contribution is 2.57. The molecule has 0 aliphatic heterocycles. The van der Waals surface area contributed by atoms with Gasteiger partial charge in [0.1, 0.15) is 0 Å². The van der Waals surface area contributed by atoms with Crippen molar-refractivity contribution in [2.24, 2.45) is 17.8 Å². The standard InChI is InChI=1S/C16H30O3Si/c1-15(2,3)17-19-20(4,5)18-16-9-12-6-13(10-16)8-14(7-12)11-16/h12-14H,6-11H2,1-5H3. The van der Waals surface area contributed by atoms with Crippen LogP contribution in [0.4, 0.5) is 0 Å². The molecule has 20 heavy (non-hydrogen) atoms. The molecule has 4 fully saturated rings. The van der Waals surface area contributed by atoms with Gasteiger partial charge in [-0.15, -0.1) is 0 Å². The first-order valence-electron chi connectivity index (χ1n) is 8.22. The average Bonchev–Trinajstić information content (AvgIpc) is 2.22. The maximum atomic E-state index is 6.63. The zero-order chi connectivity index (χ0) is 14.6. The van der Waals surface area contributed by atoms with E-state index in [0.717, 1.165) is 17.8 Å². The Hall–Kier alpha value is 0.0969. The second kappa shape index (κ2) is 4.80. The second-order valence-electron chi connectivity index (χ2n) is 8.88. The molecule has 0 atom stereocenters. The molecule has 4 bridgehead atoms. The minimum absolute atomic E-state index is 0.117. The molecule has 0 amide bonds. The molecule has 0 heterocycles. The lowest BCUT2D eigenvalue weighted by atomic mass is 9.54. The van der Waals surface area contributed by atoms with Crippen LogP contribution in [0.25, 0.3) is 0 Å². The molecule has 4 rings (SSSR count).